The Labute approximate surface area is 132 Å². The molecule has 0 N–H and O–H groups in total. The number of rotatable bonds is 4. The van der Waals surface area contributed by atoms with Gasteiger partial charge in [0, 0.05) is 0 Å². The molecule has 2 aromatic rings. The van der Waals surface area contributed by atoms with Crippen molar-refractivity contribution in [2.45, 2.75) is 13.0 Å². The first kappa shape index (κ1) is 15.9. The van der Waals surface area contributed by atoms with E-state index in [0.29, 0.717) is 0 Å². The van der Waals surface area contributed by atoms with Crippen LogP contribution in [-0.4, -0.2) is 18.1 Å². The van der Waals surface area contributed by atoms with Crippen molar-refractivity contribution in [1.82, 2.24) is 4.57 Å². The first-order valence-electron chi connectivity index (χ1n) is 5.96. The summed E-state index contributed by atoms with van der Waals surface area (Å²) in [5, 5.41) is 0. The minimum absolute atomic E-state index is 0.00542. The Morgan fingerprint density at radius 2 is 2.00 bits per heavy atom. The summed E-state index contributed by atoms with van der Waals surface area (Å²) in [6, 6.07) is 7.04. The van der Waals surface area contributed by atoms with Crippen LogP contribution in [0.2, 0.25) is 0 Å². The smallest absolute Gasteiger partial charge is 0.264 e. The third-order valence-corrected chi connectivity index (χ3v) is 3.72. The van der Waals surface area contributed by atoms with Crippen molar-refractivity contribution in [1.29, 1.82) is 0 Å². The third-order valence-electron chi connectivity index (χ3n) is 2.90. The zero-order chi connectivity index (χ0) is 15.6. The Morgan fingerprint density at radius 3 is 2.62 bits per heavy atom. The molecule has 0 aliphatic rings. The average Bonchev–Trinajstić information content (AvgIpc) is 2.44. The van der Waals surface area contributed by atoms with Crippen LogP contribution in [0.5, 0.6) is 5.75 Å². The topological polar surface area (TPSA) is 31.2 Å². The summed E-state index contributed by atoms with van der Waals surface area (Å²) >= 11 is 1.76. The summed E-state index contributed by atoms with van der Waals surface area (Å²) in [4.78, 5) is 12.1. The average molecular weight is 409 g/mol. The SMILES string of the molecule is COc1cccc(F)c1-c1ccc(I)c(=O)n1CC(F)F. The lowest BCUT2D eigenvalue weighted by molar-refractivity contribution is 0.125. The number of pyridine rings is 1. The highest BCUT2D eigenvalue weighted by molar-refractivity contribution is 14.1. The summed E-state index contributed by atoms with van der Waals surface area (Å²) in [6.07, 6.45) is -2.72. The first-order chi connectivity index (χ1) is 9.95. The van der Waals surface area contributed by atoms with Crippen LogP contribution in [0, 0.1) is 9.39 Å². The molecule has 112 valence electrons. The van der Waals surface area contributed by atoms with Gasteiger partial charge in [-0.2, -0.15) is 0 Å². The highest BCUT2D eigenvalue weighted by Crippen LogP contribution is 2.32. The molecule has 0 unspecified atom stereocenters. The number of halogens is 4. The monoisotopic (exact) mass is 409 g/mol. The summed E-state index contributed by atoms with van der Waals surface area (Å²) in [5.74, 6) is -0.461. The van der Waals surface area contributed by atoms with Crippen LogP contribution in [0.4, 0.5) is 13.2 Å². The van der Waals surface area contributed by atoms with Crippen LogP contribution in [0.3, 0.4) is 0 Å². The normalized spacial score (nSPS) is 11.0. The van der Waals surface area contributed by atoms with E-state index in [9.17, 15) is 18.0 Å². The zero-order valence-corrected chi connectivity index (χ0v) is 13.1. The number of ether oxygens (including phenoxy) is 1. The van der Waals surface area contributed by atoms with Crippen LogP contribution < -0.4 is 10.3 Å². The predicted octanol–water partition coefficient (Wildman–Crippen LogP) is 3.53. The summed E-state index contributed by atoms with van der Waals surface area (Å²) in [7, 11) is 1.35. The van der Waals surface area contributed by atoms with Crippen LogP contribution in [-0.2, 0) is 6.54 Å². The van der Waals surface area contributed by atoms with E-state index < -0.39 is 24.3 Å². The molecule has 0 saturated heterocycles. The molecule has 3 nitrogen and oxygen atoms in total. The minimum Gasteiger partial charge on any atom is -0.496 e. The number of benzene rings is 1. The molecule has 21 heavy (non-hydrogen) atoms. The first-order valence-corrected chi connectivity index (χ1v) is 7.04. The van der Waals surface area contributed by atoms with E-state index in [0.717, 1.165) is 4.57 Å². The molecule has 1 aromatic heterocycles. The van der Waals surface area contributed by atoms with Gasteiger partial charge in [0.1, 0.15) is 11.6 Å². The van der Waals surface area contributed by atoms with Gasteiger partial charge in [-0.15, -0.1) is 0 Å². The quantitative estimate of drug-likeness (QED) is 0.724. The summed E-state index contributed by atoms with van der Waals surface area (Å²) in [6.45, 7) is -0.803. The Kier molecular flexibility index (Phi) is 4.92. The lowest BCUT2D eigenvalue weighted by atomic mass is 10.1. The van der Waals surface area contributed by atoms with Crippen molar-refractivity contribution in [3.8, 4) is 17.0 Å². The van der Waals surface area contributed by atoms with E-state index in [1.807, 2.05) is 0 Å². The van der Waals surface area contributed by atoms with Crippen molar-refractivity contribution in [2.24, 2.45) is 0 Å². The Balaban J connectivity index is 2.76. The maximum Gasteiger partial charge on any atom is 0.264 e. The van der Waals surface area contributed by atoms with Crippen LogP contribution in [0.25, 0.3) is 11.3 Å². The standard InChI is InChI=1S/C14H11F3INO2/c1-21-11-4-2-3-8(15)13(11)10-6-5-9(18)14(20)19(10)7-12(16)17/h2-6,12H,7H2,1H3. The molecule has 0 fully saturated rings. The van der Waals surface area contributed by atoms with E-state index >= 15 is 0 Å². The van der Waals surface area contributed by atoms with Crippen molar-refractivity contribution in [3.05, 3.63) is 50.1 Å². The van der Waals surface area contributed by atoms with Crippen LogP contribution in [0.1, 0.15) is 0 Å². The number of alkyl halides is 2. The van der Waals surface area contributed by atoms with Gasteiger partial charge in [0.15, 0.2) is 0 Å². The van der Waals surface area contributed by atoms with E-state index in [2.05, 4.69) is 0 Å². The van der Waals surface area contributed by atoms with Gasteiger partial charge >= 0.3 is 0 Å². The molecular weight excluding hydrogens is 398 g/mol. The van der Waals surface area contributed by atoms with Gasteiger partial charge in [-0.05, 0) is 46.9 Å². The van der Waals surface area contributed by atoms with E-state index in [1.54, 1.807) is 22.6 Å². The van der Waals surface area contributed by atoms with Gasteiger partial charge in [0.05, 0.1) is 28.5 Å². The Bertz CT molecular complexity index is 716. The van der Waals surface area contributed by atoms with E-state index in [1.165, 1.54) is 37.4 Å². The second-order valence-corrected chi connectivity index (χ2v) is 5.35. The molecule has 1 heterocycles. The van der Waals surface area contributed by atoms with Crippen molar-refractivity contribution in [2.75, 3.05) is 7.11 Å². The molecule has 0 aliphatic carbocycles. The summed E-state index contributed by atoms with van der Waals surface area (Å²) in [5.41, 5.74) is -0.525. The fourth-order valence-corrected chi connectivity index (χ4v) is 2.48. The second kappa shape index (κ2) is 6.50. The number of methoxy groups -OCH3 is 1. The lowest BCUT2D eigenvalue weighted by Crippen LogP contribution is -2.27. The maximum atomic E-state index is 14.1. The van der Waals surface area contributed by atoms with Gasteiger partial charge in [-0.1, -0.05) is 6.07 Å². The molecule has 0 bridgehead atoms. The number of nitrogens with zero attached hydrogens (tertiary/aromatic N) is 1. The number of hydrogen-bond donors (Lipinski definition) is 0. The fraction of sp³-hybridized carbons (Fsp3) is 0.214. The third kappa shape index (κ3) is 3.22. The molecule has 0 atom stereocenters. The Morgan fingerprint density at radius 1 is 1.29 bits per heavy atom. The van der Waals surface area contributed by atoms with Crippen molar-refractivity contribution in [3.63, 3.8) is 0 Å². The maximum absolute atomic E-state index is 14.1. The van der Waals surface area contributed by atoms with E-state index in [-0.39, 0.29) is 20.6 Å². The Hall–Kier alpha value is -1.51. The molecular formula is C14H11F3INO2. The number of hydrogen-bond acceptors (Lipinski definition) is 2. The van der Waals surface area contributed by atoms with Gasteiger partial charge in [-0.3, -0.25) is 4.79 Å². The van der Waals surface area contributed by atoms with Crippen LogP contribution >= 0.6 is 22.6 Å². The van der Waals surface area contributed by atoms with Crippen molar-refractivity contribution < 1.29 is 17.9 Å². The molecule has 2 rings (SSSR count). The molecule has 0 spiro atoms. The molecule has 0 saturated carbocycles. The largest absolute Gasteiger partial charge is 0.496 e. The number of aromatic nitrogens is 1. The van der Waals surface area contributed by atoms with Gasteiger partial charge < -0.3 is 9.30 Å². The predicted molar refractivity (Wildman–Crippen MR) is 81.4 cm³/mol. The second-order valence-electron chi connectivity index (χ2n) is 4.19. The highest BCUT2D eigenvalue weighted by atomic mass is 127. The zero-order valence-electron chi connectivity index (χ0n) is 10.9. The fourth-order valence-electron chi connectivity index (χ4n) is 2.01. The lowest BCUT2D eigenvalue weighted by Gasteiger charge is -2.16. The molecule has 1 aromatic carbocycles. The van der Waals surface area contributed by atoms with Crippen LogP contribution in [0.15, 0.2) is 35.1 Å². The molecule has 0 amide bonds. The summed E-state index contributed by atoms with van der Waals surface area (Å²) < 4.78 is 45.8. The molecule has 0 aliphatic heterocycles. The van der Waals surface area contributed by atoms with Crippen molar-refractivity contribution >= 4 is 22.6 Å². The van der Waals surface area contributed by atoms with E-state index in [4.69, 9.17) is 4.74 Å². The van der Waals surface area contributed by atoms with Gasteiger partial charge in [-0.25, -0.2) is 13.2 Å². The molecule has 0 radical (unpaired) electrons. The highest BCUT2D eigenvalue weighted by Gasteiger charge is 2.19. The van der Waals surface area contributed by atoms with Gasteiger partial charge in [0.2, 0.25) is 0 Å². The van der Waals surface area contributed by atoms with Gasteiger partial charge in [0.25, 0.3) is 12.0 Å². The minimum atomic E-state index is -2.72. The molecule has 7 heteroatoms.